The zero-order valence-corrected chi connectivity index (χ0v) is 22.5. The van der Waals surface area contributed by atoms with Crippen molar-refractivity contribution in [1.29, 1.82) is 0 Å². The number of carbonyl (C=O) groups excluding carboxylic acids is 2. The molecule has 1 N–H and O–H groups in total. The number of pyridine rings is 1. The lowest BCUT2D eigenvalue weighted by molar-refractivity contribution is -0.115. The Bertz CT molecular complexity index is 1060. The summed E-state index contributed by atoms with van der Waals surface area (Å²) in [5.41, 5.74) is 5.66. The van der Waals surface area contributed by atoms with Gasteiger partial charge in [0.25, 0.3) is 5.91 Å². The number of amides is 1. The molecule has 0 spiro atoms. The lowest BCUT2D eigenvalue weighted by Gasteiger charge is -2.41. The highest BCUT2D eigenvalue weighted by Gasteiger charge is 2.28. The topological polar surface area (TPSA) is 65.5 Å². The van der Waals surface area contributed by atoms with Crippen molar-refractivity contribution >= 4 is 17.4 Å². The van der Waals surface area contributed by atoms with E-state index in [1.54, 1.807) is 6.20 Å². The van der Waals surface area contributed by atoms with E-state index in [1.807, 2.05) is 13.1 Å². The second kappa shape index (κ2) is 12.0. The summed E-state index contributed by atoms with van der Waals surface area (Å²) in [6.07, 6.45) is 16.4. The fourth-order valence-electron chi connectivity index (χ4n) is 5.88. The molecule has 36 heavy (non-hydrogen) atoms. The Balaban J connectivity index is 1.63. The molecule has 1 fully saturated rings. The first kappa shape index (κ1) is 26.3. The van der Waals surface area contributed by atoms with Gasteiger partial charge < -0.3 is 15.1 Å². The number of piperidine rings is 1. The molecule has 2 aliphatic heterocycles. The molecule has 0 radical (unpaired) electrons. The van der Waals surface area contributed by atoms with Crippen molar-refractivity contribution in [2.24, 2.45) is 0 Å². The van der Waals surface area contributed by atoms with Gasteiger partial charge in [-0.05, 0) is 77.4 Å². The smallest absolute Gasteiger partial charge is 0.253 e. The molecule has 1 aliphatic carbocycles. The Morgan fingerprint density at radius 1 is 1.17 bits per heavy atom. The average Bonchev–Trinajstić information content (AvgIpc) is 2.87. The minimum absolute atomic E-state index is 0.132. The number of nitrogens with one attached hydrogen (secondary N) is 1. The van der Waals surface area contributed by atoms with Crippen molar-refractivity contribution in [3.05, 3.63) is 58.5 Å². The first-order chi connectivity index (χ1) is 17.4. The van der Waals surface area contributed by atoms with Crippen LogP contribution in [0.3, 0.4) is 0 Å². The fraction of sp³-hybridized carbons (Fsp3) is 0.567. The van der Waals surface area contributed by atoms with Gasteiger partial charge in [0.05, 0.1) is 17.4 Å². The number of allylic oxidation sites excluding steroid dienone is 5. The number of hydrogen-bond acceptors (Lipinski definition) is 5. The van der Waals surface area contributed by atoms with Crippen molar-refractivity contribution in [2.75, 3.05) is 31.1 Å². The van der Waals surface area contributed by atoms with E-state index < -0.39 is 0 Å². The number of ketones is 1. The summed E-state index contributed by atoms with van der Waals surface area (Å²) in [6, 6.07) is 1.02. The molecule has 3 aliphatic rings. The minimum Gasteiger partial charge on any atom is -0.367 e. The zero-order chi connectivity index (χ0) is 25.7. The van der Waals surface area contributed by atoms with Gasteiger partial charge in [-0.15, -0.1) is 0 Å². The molecule has 0 atom stereocenters. The Labute approximate surface area is 216 Å². The first-order valence-electron chi connectivity index (χ1n) is 13.7. The average molecular weight is 491 g/mol. The molecule has 0 unspecified atom stereocenters. The van der Waals surface area contributed by atoms with E-state index >= 15 is 0 Å². The third-order valence-corrected chi connectivity index (χ3v) is 7.92. The number of hydrogen-bond donors (Lipinski definition) is 1. The molecule has 0 bridgehead atoms. The van der Waals surface area contributed by atoms with Crippen LogP contribution in [0.15, 0.2) is 47.3 Å². The monoisotopic (exact) mass is 490 g/mol. The van der Waals surface area contributed by atoms with Crippen molar-refractivity contribution in [1.82, 2.24) is 15.2 Å². The molecular weight excluding hydrogens is 448 g/mol. The van der Waals surface area contributed by atoms with Gasteiger partial charge in [-0.25, -0.2) is 0 Å². The van der Waals surface area contributed by atoms with E-state index in [9.17, 15) is 9.59 Å². The van der Waals surface area contributed by atoms with E-state index in [0.717, 1.165) is 79.7 Å². The summed E-state index contributed by atoms with van der Waals surface area (Å²) in [5, 5.41) is 3.07. The summed E-state index contributed by atoms with van der Waals surface area (Å²) in [7, 11) is 0. The van der Waals surface area contributed by atoms with Gasteiger partial charge in [-0.3, -0.25) is 14.6 Å². The van der Waals surface area contributed by atoms with Crippen LogP contribution in [0.25, 0.3) is 0 Å². The van der Waals surface area contributed by atoms with Crippen LogP contribution in [-0.4, -0.2) is 59.8 Å². The SMILES string of the molecule is CCN(c1cncc2c1C/C=C\CCCC1=C(CNC2=O)C(=O)CC(C)=C1)C1CCN(C(C)C)CC1. The van der Waals surface area contributed by atoms with Crippen LogP contribution < -0.4 is 10.2 Å². The van der Waals surface area contributed by atoms with Gasteiger partial charge in [0.15, 0.2) is 5.78 Å². The number of anilines is 1. The van der Waals surface area contributed by atoms with Crippen LogP contribution in [0, 0.1) is 0 Å². The summed E-state index contributed by atoms with van der Waals surface area (Å²) >= 11 is 0. The number of carbonyl (C=O) groups is 2. The van der Waals surface area contributed by atoms with Gasteiger partial charge in [0.1, 0.15) is 0 Å². The maximum Gasteiger partial charge on any atom is 0.253 e. The molecule has 1 saturated heterocycles. The summed E-state index contributed by atoms with van der Waals surface area (Å²) in [4.78, 5) is 35.8. The molecule has 194 valence electrons. The summed E-state index contributed by atoms with van der Waals surface area (Å²) in [6.45, 7) is 12.1. The lowest BCUT2D eigenvalue weighted by atomic mass is 9.89. The molecule has 6 nitrogen and oxygen atoms in total. The second-order valence-electron chi connectivity index (χ2n) is 10.7. The largest absolute Gasteiger partial charge is 0.367 e. The molecule has 1 aromatic heterocycles. The Kier molecular flexibility index (Phi) is 8.78. The summed E-state index contributed by atoms with van der Waals surface area (Å²) in [5.74, 6) is -0.0173. The van der Waals surface area contributed by atoms with E-state index in [4.69, 9.17) is 0 Å². The predicted molar refractivity (Wildman–Crippen MR) is 146 cm³/mol. The number of likely N-dealkylation sites (tertiary alicyclic amines) is 1. The Morgan fingerprint density at radius 3 is 2.67 bits per heavy atom. The molecule has 0 aromatic carbocycles. The summed E-state index contributed by atoms with van der Waals surface area (Å²) < 4.78 is 0. The highest BCUT2D eigenvalue weighted by Crippen LogP contribution is 2.30. The van der Waals surface area contributed by atoms with E-state index in [2.05, 4.69) is 59.1 Å². The van der Waals surface area contributed by atoms with Crippen LogP contribution in [0.5, 0.6) is 0 Å². The van der Waals surface area contributed by atoms with E-state index in [-0.39, 0.29) is 18.2 Å². The van der Waals surface area contributed by atoms with Gasteiger partial charge in [0, 0.05) is 56.5 Å². The Hall–Kier alpha value is -2.73. The van der Waals surface area contributed by atoms with Crippen LogP contribution in [-0.2, 0) is 11.2 Å². The number of fused-ring (bicyclic) bond motifs is 1. The molecule has 6 heteroatoms. The normalized spacial score (nSPS) is 21.5. The van der Waals surface area contributed by atoms with Gasteiger partial charge in [0.2, 0.25) is 0 Å². The van der Waals surface area contributed by atoms with E-state index in [0.29, 0.717) is 30.5 Å². The van der Waals surface area contributed by atoms with Crippen LogP contribution in [0.4, 0.5) is 5.69 Å². The van der Waals surface area contributed by atoms with Gasteiger partial charge >= 0.3 is 0 Å². The number of rotatable bonds is 4. The maximum atomic E-state index is 13.5. The van der Waals surface area contributed by atoms with Crippen LogP contribution in [0.1, 0.15) is 82.1 Å². The highest BCUT2D eigenvalue weighted by atomic mass is 16.2. The van der Waals surface area contributed by atoms with Crippen molar-refractivity contribution < 1.29 is 9.59 Å². The fourth-order valence-corrected chi connectivity index (χ4v) is 5.88. The van der Waals surface area contributed by atoms with Crippen LogP contribution in [0.2, 0.25) is 0 Å². The number of aromatic nitrogens is 1. The molecule has 3 heterocycles. The van der Waals surface area contributed by atoms with Gasteiger partial charge in [-0.1, -0.05) is 23.8 Å². The predicted octanol–water partition coefficient (Wildman–Crippen LogP) is 5.01. The quantitative estimate of drug-likeness (QED) is 0.601. The van der Waals surface area contributed by atoms with Crippen molar-refractivity contribution in [3.63, 3.8) is 0 Å². The molecule has 1 aromatic rings. The highest BCUT2D eigenvalue weighted by molar-refractivity contribution is 6.02. The van der Waals surface area contributed by atoms with Crippen LogP contribution >= 0.6 is 0 Å². The molecule has 0 saturated carbocycles. The molecule has 1 amide bonds. The third-order valence-electron chi connectivity index (χ3n) is 7.92. The first-order valence-corrected chi connectivity index (χ1v) is 13.7. The van der Waals surface area contributed by atoms with Crippen molar-refractivity contribution in [3.8, 4) is 0 Å². The third kappa shape index (κ3) is 5.97. The zero-order valence-electron chi connectivity index (χ0n) is 22.5. The number of Topliss-reactive ketones (excluding diaryl/α,β-unsaturated/α-hetero) is 1. The molecule has 4 rings (SSSR count). The van der Waals surface area contributed by atoms with E-state index in [1.165, 1.54) is 0 Å². The standard InChI is InChI=1S/C30H42N4O2/c1-5-34(24-12-14-33(15-13-24)21(2)3)28-20-31-18-27-25(28)11-9-7-6-8-10-23-16-22(4)17-29(35)26(23)19-32-30(27)36/h7,9,16,18,20-21,24H,5-6,8,10-15,17,19H2,1-4H3,(H,32,36)/b9-7-. The lowest BCUT2D eigenvalue weighted by Crippen LogP contribution is -2.47. The Morgan fingerprint density at radius 2 is 1.94 bits per heavy atom. The maximum absolute atomic E-state index is 13.5. The second-order valence-corrected chi connectivity index (χ2v) is 10.7. The number of nitrogens with zero attached hydrogens (tertiary/aromatic N) is 3. The molecular formula is C30H42N4O2. The van der Waals surface area contributed by atoms with Gasteiger partial charge in [-0.2, -0.15) is 0 Å². The van der Waals surface area contributed by atoms with Crippen molar-refractivity contribution in [2.45, 2.75) is 84.7 Å². The minimum atomic E-state index is -0.149.